The lowest BCUT2D eigenvalue weighted by Crippen LogP contribution is -2.21. The zero-order chi connectivity index (χ0) is 11.9. The average Bonchev–Trinajstić information content (AvgIpc) is 2.70. The Labute approximate surface area is 99.1 Å². The average molecular weight is 236 g/mol. The van der Waals surface area contributed by atoms with Crippen LogP contribution in [0.4, 0.5) is 5.13 Å². The molecule has 16 heavy (non-hydrogen) atoms. The van der Waals surface area contributed by atoms with Gasteiger partial charge < -0.3 is 5.73 Å². The van der Waals surface area contributed by atoms with E-state index in [0.29, 0.717) is 5.13 Å². The van der Waals surface area contributed by atoms with Gasteiger partial charge in [0, 0.05) is 11.8 Å². The van der Waals surface area contributed by atoms with E-state index in [4.69, 9.17) is 5.73 Å². The summed E-state index contributed by atoms with van der Waals surface area (Å²) in [5, 5.41) is 4.98. The minimum absolute atomic E-state index is 0.00237. The first-order valence-corrected chi connectivity index (χ1v) is 5.98. The summed E-state index contributed by atoms with van der Waals surface area (Å²) in [6, 6.07) is 0. The van der Waals surface area contributed by atoms with Crippen molar-refractivity contribution in [1.29, 1.82) is 0 Å². The van der Waals surface area contributed by atoms with Gasteiger partial charge in [-0.3, -0.25) is 4.68 Å². The summed E-state index contributed by atoms with van der Waals surface area (Å²) in [5.41, 5.74) is 7.75. The zero-order valence-electron chi connectivity index (χ0n) is 9.98. The van der Waals surface area contributed by atoms with Gasteiger partial charge in [0.05, 0.1) is 22.3 Å². The van der Waals surface area contributed by atoms with Crippen molar-refractivity contribution in [2.24, 2.45) is 0 Å². The Morgan fingerprint density at radius 3 is 2.50 bits per heavy atom. The first-order valence-electron chi connectivity index (χ1n) is 5.16. The molecule has 5 heteroatoms. The molecule has 0 saturated carbocycles. The summed E-state index contributed by atoms with van der Waals surface area (Å²) >= 11 is 1.50. The molecule has 2 heterocycles. The zero-order valence-corrected chi connectivity index (χ0v) is 10.8. The second kappa shape index (κ2) is 3.59. The third-order valence-electron chi connectivity index (χ3n) is 2.35. The van der Waals surface area contributed by atoms with Crippen LogP contribution in [0, 0.1) is 6.92 Å². The van der Waals surface area contributed by atoms with Crippen molar-refractivity contribution in [2.75, 3.05) is 5.73 Å². The molecule has 2 N–H and O–H groups in total. The summed E-state index contributed by atoms with van der Waals surface area (Å²) in [4.78, 5) is 5.32. The molecule has 2 aromatic heterocycles. The fraction of sp³-hybridized carbons (Fsp3) is 0.455. The quantitative estimate of drug-likeness (QED) is 0.828. The molecular formula is C11H16N4S. The van der Waals surface area contributed by atoms with Gasteiger partial charge in [-0.05, 0) is 27.7 Å². The molecule has 0 aliphatic carbocycles. The lowest BCUT2D eigenvalue weighted by Gasteiger charge is -2.18. The number of aromatic nitrogens is 3. The fourth-order valence-electron chi connectivity index (χ4n) is 1.49. The van der Waals surface area contributed by atoms with Crippen LogP contribution in [0.1, 0.15) is 26.5 Å². The number of nitrogens with two attached hydrogens (primary N) is 1. The number of hydrogen-bond acceptors (Lipinski definition) is 4. The SMILES string of the molecule is Cc1nc(N)sc1-c1cnn(C(C)(C)C)c1. The summed E-state index contributed by atoms with van der Waals surface area (Å²) in [5.74, 6) is 0. The smallest absolute Gasteiger partial charge is 0.180 e. The number of nitrogens with zero attached hydrogens (tertiary/aromatic N) is 3. The normalized spacial score (nSPS) is 12.0. The van der Waals surface area contributed by atoms with Crippen LogP contribution in [-0.2, 0) is 5.54 Å². The standard InChI is InChI=1S/C11H16N4S/c1-7-9(16-10(12)14-7)8-5-13-15(6-8)11(2,3)4/h5-6H,1-4H3,(H2,12,14). The minimum Gasteiger partial charge on any atom is -0.375 e. The van der Waals surface area contributed by atoms with Gasteiger partial charge in [0.1, 0.15) is 0 Å². The van der Waals surface area contributed by atoms with Crippen LogP contribution in [0.25, 0.3) is 10.4 Å². The van der Waals surface area contributed by atoms with Gasteiger partial charge in [-0.15, -0.1) is 0 Å². The first-order chi connectivity index (χ1) is 7.38. The Hall–Kier alpha value is -1.36. The van der Waals surface area contributed by atoms with Crippen LogP contribution in [0.5, 0.6) is 0 Å². The summed E-state index contributed by atoms with van der Waals surface area (Å²) < 4.78 is 1.96. The van der Waals surface area contributed by atoms with E-state index >= 15 is 0 Å². The number of anilines is 1. The van der Waals surface area contributed by atoms with Crippen molar-refractivity contribution in [3.05, 3.63) is 18.1 Å². The molecule has 0 bridgehead atoms. The van der Waals surface area contributed by atoms with Crippen LogP contribution in [0.2, 0.25) is 0 Å². The van der Waals surface area contributed by atoms with E-state index in [1.807, 2.05) is 24.0 Å². The molecule has 86 valence electrons. The largest absolute Gasteiger partial charge is 0.375 e. The third-order valence-corrected chi connectivity index (χ3v) is 3.38. The van der Waals surface area contributed by atoms with Crippen molar-refractivity contribution in [3.8, 4) is 10.4 Å². The second-order valence-corrected chi connectivity index (χ2v) is 5.84. The molecule has 0 amide bonds. The highest BCUT2D eigenvalue weighted by Gasteiger charge is 2.16. The summed E-state index contributed by atoms with van der Waals surface area (Å²) in [7, 11) is 0. The van der Waals surface area contributed by atoms with Crippen molar-refractivity contribution < 1.29 is 0 Å². The predicted molar refractivity (Wildman–Crippen MR) is 67.5 cm³/mol. The van der Waals surface area contributed by atoms with E-state index in [-0.39, 0.29) is 5.54 Å². The van der Waals surface area contributed by atoms with Gasteiger partial charge in [0.2, 0.25) is 0 Å². The molecule has 2 rings (SSSR count). The van der Waals surface area contributed by atoms with Crippen LogP contribution < -0.4 is 5.73 Å². The first kappa shape index (κ1) is 11.1. The molecule has 0 fully saturated rings. The minimum atomic E-state index is 0.00237. The molecule has 0 spiro atoms. The fourth-order valence-corrected chi connectivity index (χ4v) is 2.30. The third kappa shape index (κ3) is 1.95. The van der Waals surface area contributed by atoms with Gasteiger partial charge in [0.25, 0.3) is 0 Å². The van der Waals surface area contributed by atoms with Crippen LogP contribution in [0.3, 0.4) is 0 Å². The molecule has 0 aromatic carbocycles. The summed E-state index contributed by atoms with van der Waals surface area (Å²) in [6.07, 6.45) is 3.91. The number of rotatable bonds is 1. The van der Waals surface area contributed by atoms with Gasteiger partial charge in [-0.2, -0.15) is 5.10 Å². The van der Waals surface area contributed by atoms with Gasteiger partial charge in [-0.25, -0.2) is 4.98 Å². The van der Waals surface area contributed by atoms with E-state index in [9.17, 15) is 0 Å². The molecule has 0 radical (unpaired) electrons. The Kier molecular flexibility index (Phi) is 2.50. The molecule has 0 saturated heterocycles. The lowest BCUT2D eigenvalue weighted by atomic mass is 10.1. The van der Waals surface area contributed by atoms with Crippen molar-refractivity contribution in [1.82, 2.24) is 14.8 Å². The highest BCUT2D eigenvalue weighted by molar-refractivity contribution is 7.18. The Morgan fingerprint density at radius 1 is 1.38 bits per heavy atom. The molecule has 0 atom stereocenters. The highest BCUT2D eigenvalue weighted by Crippen LogP contribution is 2.31. The van der Waals surface area contributed by atoms with Crippen molar-refractivity contribution in [2.45, 2.75) is 33.2 Å². The van der Waals surface area contributed by atoms with E-state index < -0.39 is 0 Å². The predicted octanol–water partition coefficient (Wildman–Crippen LogP) is 2.65. The molecule has 0 unspecified atom stereocenters. The van der Waals surface area contributed by atoms with Gasteiger partial charge in [0.15, 0.2) is 5.13 Å². The molecule has 0 aliphatic heterocycles. The number of nitrogen functional groups attached to an aromatic ring is 1. The second-order valence-electron chi connectivity index (χ2n) is 4.81. The monoisotopic (exact) mass is 236 g/mol. The maximum absolute atomic E-state index is 5.69. The topological polar surface area (TPSA) is 56.7 Å². The lowest BCUT2D eigenvalue weighted by molar-refractivity contribution is 0.355. The number of hydrogen-bond donors (Lipinski definition) is 1. The van der Waals surface area contributed by atoms with Gasteiger partial charge >= 0.3 is 0 Å². The maximum Gasteiger partial charge on any atom is 0.180 e. The highest BCUT2D eigenvalue weighted by atomic mass is 32.1. The Morgan fingerprint density at radius 2 is 2.06 bits per heavy atom. The van der Waals surface area contributed by atoms with E-state index in [1.54, 1.807) is 0 Å². The molecule has 2 aromatic rings. The Bertz CT molecular complexity index is 504. The van der Waals surface area contributed by atoms with Crippen molar-refractivity contribution in [3.63, 3.8) is 0 Å². The van der Waals surface area contributed by atoms with E-state index in [0.717, 1.165) is 16.1 Å². The number of thiazole rings is 1. The van der Waals surface area contributed by atoms with Crippen LogP contribution >= 0.6 is 11.3 Å². The Balaban J connectivity index is 2.43. The number of aryl methyl sites for hydroxylation is 1. The molecule has 0 aliphatic rings. The molecule has 4 nitrogen and oxygen atoms in total. The van der Waals surface area contributed by atoms with Crippen LogP contribution in [-0.4, -0.2) is 14.8 Å². The van der Waals surface area contributed by atoms with Crippen LogP contribution in [0.15, 0.2) is 12.4 Å². The van der Waals surface area contributed by atoms with E-state index in [1.165, 1.54) is 11.3 Å². The van der Waals surface area contributed by atoms with Crippen molar-refractivity contribution >= 4 is 16.5 Å². The maximum atomic E-state index is 5.69. The van der Waals surface area contributed by atoms with E-state index in [2.05, 4.69) is 30.9 Å². The van der Waals surface area contributed by atoms with Gasteiger partial charge in [-0.1, -0.05) is 11.3 Å². The summed E-state index contributed by atoms with van der Waals surface area (Å²) in [6.45, 7) is 8.34. The molecular weight excluding hydrogens is 220 g/mol.